The zero-order valence-corrected chi connectivity index (χ0v) is 10.2. The van der Waals surface area contributed by atoms with Gasteiger partial charge in [0, 0.05) is 12.4 Å². The molecule has 2 aromatic rings. The van der Waals surface area contributed by atoms with E-state index in [1.807, 2.05) is 12.1 Å². The van der Waals surface area contributed by atoms with Crippen LogP contribution < -0.4 is 9.47 Å². The number of aromatic nitrogens is 2. The summed E-state index contributed by atoms with van der Waals surface area (Å²) in [6.07, 6.45) is 2.69. The number of nitrogens with zero attached hydrogens (tertiary/aromatic N) is 2. The molecule has 6 heteroatoms. The number of ether oxygens (including phenoxy) is 2. The molecule has 2 rings (SSSR count). The lowest BCUT2D eigenvalue weighted by atomic mass is 10.2. The molecule has 0 atom stereocenters. The van der Waals surface area contributed by atoms with Gasteiger partial charge in [-0.15, -0.1) is 0 Å². The Kier molecular flexibility index (Phi) is 3.92. The molecule has 0 bridgehead atoms. The maximum Gasteiger partial charge on any atom is 0.360 e. The zero-order chi connectivity index (χ0) is 13.7. The van der Waals surface area contributed by atoms with E-state index in [1.54, 1.807) is 19.2 Å². The molecule has 0 spiro atoms. The highest BCUT2D eigenvalue weighted by atomic mass is 16.5. The third-order valence-electron chi connectivity index (χ3n) is 2.40. The molecule has 0 amide bonds. The Morgan fingerprint density at radius 2 is 1.89 bits per heavy atom. The Morgan fingerprint density at radius 1 is 1.21 bits per heavy atom. The van der Waals surface area contributed by atoms with Gasteiger partial charge in [0.15, 0.2) is 0 Å². The van der Waals surface area contributed by atoms with Gasteiger partial charge in [-0.1, -0.05) is 12.1 Å². The lowest BCUT2D eigenvalue weighted by Crippen LogP contribution is -2.07. The predicted octanol–water partition coefficient (Wildman–Crippen LogP) is 1.76. The van der Waals surface area contributed by atoms with Gasteiger partial charge in [0.1, 0.15) is 12.4 Å². The molecular weight excluding hydrogens is 248 g/mol. The molecule has 1 N–H and O–H groups in total. The van der Waals surface area contributed by atoms with Crippen molar-refractivity contribution in [1.82, 2.24) is 9.97 Å². The van der Waals surface area contributed by atoms with Crippen LogP contribution in [0.2, 0.25) is 0 Å². The average molecular weight is 260 g/mol. The van der Waals surface area contributed by atoms with Crippen LogP contribution in [0, 0.1) is 0 Å². The lowest BCUT2D eigenvalue weighted by molar-refractivity contribution is 0.0683. The standard InChI is InChI=1S/C13H12N2O4/c1-18-10-4-2-9(3-5-10)8-19-12-11(13(16)17)14-6-7-15-12/h2-7H,8H2,1H3,(H,16,17). The third-order valence-corrected chi connectivity index (χ3v) is 2.40. The number of carboxylic acid groups (broad SMARTS) is 1. The molecule has 0 aliphatic rings. The SMILES string of the molecule is COc1ccc(COc2nccnc2C(=O)O)cc1. The molecule has 1 aromatic carbocycles. The topological polar surface area (TPSA) is 81.5 Å². The summed E-state index contributed by atoms with van der Waals surface area (Å²) >= 11 is 0. The van der Waals surface area contributed by atoms with Crippen molar-refractivity contribution in [2.75, 3.05) is 7.11 Å². The van der Waals surface area contributed by atoms with Gasteiger partial charge in [-0.05, 0) is 17.7 Å². The first-order chi connectivity index (χ1) is 9.20. The Bertz CT molecular complexity index is 569. The Morgan fingerprint density at radius 3 is 2.53 bits per heavy atom. The van der Waals surface area contributed by atoms with Crippen molar-refractivity contribution in [3.63, 3.8) is 0 Å². The van der Waals surface area contributed by atoms with Gasteiger partial charge in [0.2, 0.25) is 11.6 Å². The van der Waals surface area contributed by atoms with Crippen LogP contribution in [0.5, 0.6) is 11.6 Å². The van der Waals surface area contributed by atoms with E-state index in [9.17, 15) is 4.79 Å². The number of methoxy groups -OCH3 is 1. The van der Waals surface area contributed by atoms with E-state index in [0.717, 1.165) is 11.3 Å². The van der Waals surface area contributed by atoms with Gasteiger partial charge in [0.25, 0.3) is 0 Å². The molecule has 1 heterocycles. The molecule has 0 fully saturated rings. The minimum absolute atomic E-state index is 0.00539. The van der Waals surface area contributed by atoms with E-state index < -0.39 is 5.97 Å². The van der Waals surface area contributed by atoms with E-state index in [0.29, 0.717) is 0 Å². The third kappa shape index (κ3) is 3.19. The number of benzene rings is 1. The summed E-state index contributed by atoms with van der Waals surface area (Å²) < 4.78 is 10.4. The van der Waals surface area contributed by atoms with Gasteiger partial charge in [-0.2, -0.15) is 0 Å². The van der Waals surface area contributed by atoms with Gasteiger partial charge < -0.3 is 14.6 Å². The fourth-order valence-electron chi connectivity index (χ4n) is 1.45. The summed E-state index contributed by atoms with van der Waals surface area (Å²) in [5.74, 6) is -0.418. The van der Waals surface area contributed by atoms with Crippen LogP contribution in [0.15, 0.2) is 36.7 Å². The summed E-state index contributed by atoms with van der Waals surface area (Å²) in [7, 11) is 1.59. The molecular formula is C13H12N2O4. The summed E-state index contributed by atoms with van der Waals surface area (Å²) in [6.45, 7) is 0.211. The summed E-state index contributed by atoms with van der Waals surface area (Å²) in [5.41, 5.74) is 0.679. The fourth-order valence-corrected chi connectivity index (χ4v) is 1.45. The second-order valence-corrected chi connectivity index (χ2v) is 3.65. The van der Waals surface area contributed by atoms with E-state index in [-0.39, 0.29) is 18.2 Å². The zero-order valence-electron chi connectivity index (χ0n) is 10.2. The Hall–Kier alpha value is -2.63. The van der Waals surface area contributed by atoms with E-state index in [4.69, 9.17) is 14.6 Å². The molecule has 19 heavy (non-hydrogen) atoms. The number of carbonyl (C=O) groups is 1. The molecule has 0 aliphatic carbocycles. The van der Waals surface area contributed by atoms with Crippen molar-refractivity contribution in [2.45, 2.75) is 6.61 Å². The second kappa shape index (κ2) is 5.81. The molecule has 6 nitrogen and oxygen atoms in total. The molecule has 0 radical (unpaired) electrons. The highest BCUT2D eigenvalue weighted by molar-refractivity contribution is 5.87. The second-order valence-electron chi connectivity index (χ2n) is 3.65. The maximum atomic E-state index is 10.9. The molecule has 0 aliphatic heterocycles. The Labute approximate surface area is 109 Å². The molecule has 0 saturated heterocycles. The molecule has 1 aromatic heterocycles. The first-order valence-corrected chi connectivity index (χ1v) is 5.50. The van der Waals surface area contributed by atoms with Crippen LogP contribution in [0.1, 0.15) is 16.1 Å². The van der Waals surface area contributed by atoms with Crippen LogP contribution in [0.4, 0.5) is 0 Å². The average Bonchev–Trinajstić information content (AvgIpc) is 2.46. The lowest BCUT2D eigenvalue weighted by Gasteiger charge is -2.07. The van der Waals surface area contributed by atoms with Gasteiger partial charge in [0.05, 0.1) is 7.11 Å². The highest BCUT2D eigenvalue weighted by Crippen LogP contribution is 2.15. The first-order valence-electron chi connectivity index (χ1n) is 5.50. The smallest absolute Gasteiger partial charge is 0.360 e. The van der Waals surface area contributed by atoms with Gasteiger partial charge in [-0.3, -0.25) is 0 Å². The van der Waals surface area contributed by atoms with Crippen LogP contribution in [0.25, 0.3) is 0 Å². The predicted molar refractivity (Wildman–Crippen MR) is 66.3 cm³/mol. The van der Waals surface area contributed by atoms with Crippen LogP contribution in [-0.4, -0.2) is 28.2 Å². The van der Waals surface area contributed by atoms with Crippen molar-refractivity contribution in [1.29, 1.82) is 0 Å². The van der Waals surface area contributed by atoms with E-state index >= 15 is 0 Å². The Balaban J connectivity index is 2.07. The minimum Gasteiger partial charge on any atom is -0.497 e. The quantitative estimate of drug-likeness (QED) is 0.882. The minimum atomic E-state index is -1.17. The number of hydrogen-bond donors (Lipinski definition) is 1. The van der Waals surface area contributed by atoms with E-state index in [1.165, 1.54) is 12.4 Å². The first kappa shape index (κ1) is 12.8. The van der Waals surface area contributed by atoms with Gasteiger partial charge in [-0.25, -0.2) is 14.8 Å². The summed E-state index contributed by atoms with van der Waals surface area (Å²) in [4.78, 5) is 18.5. The van der Waals surface area contributed by atoms with Crippen LogP contribution in [-0.2, 0) is 6.61 Å². The largest absolute Gasteiger partial charge is 0.497 e. The summed E-state index contributed by atoms with van der Waals surface area (Å²) in [5, 5.41) is 8.93. The number of aromatic carboxylic acids is 1. The number of carboxylic acids is 1. The van der Waals surface area contributed by atoms with Crippen molar-refractivity contribution >= 4 is 5.97 Å². The number of hydrogen-bond acceptors (Lipinski definition) is 5. The molecule has 0 saturated carbocycles. The van der Waals surface area contributed by atoms with E-state index in [2.05, 4.69) is 9.97 Å². The van der Waals surface area contributed by atoms with Crippen molar-refractivity contribution in [2.24, 2.45) is 0 Å². The van der Waals surface area contributed by atoms with Crippen molar-refractivity contribution < 1.29 is 19.4 Å². The van der Waals surface area contributed by atoms with Crippen molar-refractivity contribution in [3.8, 4) is 11.6 Å². The monoisotopic (exact) mass is 260 g/mol. The molecule has 98 valence electrons. The summed E-state index contributed by atoms with van der Waals surface area (Å²) in [6, 6.07) is 7.26. The van der Waals surface area contributed by atoms with Crippen LogP contribution in [0.3, 0.4) is 0 Å². The highest BCUT2D eigenvalue weighted by Gasteiger charge is 2.13. The van der Waals surface area contributed by atoms with Gasteiger partial charge >= 0.3 is 5.97 Å². The van der Waals surface area contributed by atoms with Crippen LogP contribution >= 0.6 is 0 Å². The maximum absolute atomic E-state index is 10.9. The number of rotatable bonds is 5. The molecule has 0 unspecified atom stereocenters. The van der Waals surface area contributed by atoms with Crippen molar-refractivity contribution in [3.05, 3.63) is 47.9 Å². The normalized spacial score (nSPS) is 9.95. The fraction of sp³-hybridized carbons (Fsp3) is 0.154.